The number of hydrogen-bond acceptors (Lipinski definition) is 1. The van der Waals surface area contributed by atoms with Crippen LogP contribution in [0.4, 0.5) is 4.39 Å². The summed E-state index contributed by atoms with van der Waals surface area (Å²) in [4.78, 5) is 0. The summed E-state index contributed by atoms with van der Waals surface area (Å²) in [6, 6.07) is 0. The molecule has 0 bridgehead atoms. The van der Waals surface area contributed by atoms with Crippen molar-refractivity contribution in [3.63, 3.8) is 0 Å². The van der Waals surface area contributed by atoms with E-state index in [9.17, 15) is 4.39 Å². The molecule has 11 heavy (non-hydrogen) atoms. The summed E-state index contributed by atoms with van der Waals surface area (Å²) in [7, 11) is 0. The number of unbranched alkanes of at least 4 members (excludes halogenated alkanes) is 3. The molecule has 1 fully saturated rings. The molecule has 1 aliphatic heterocycles. The second-order valence-corrected chi connectivity index (χ2v) is 3.57. The monoisotopic (exact) mass is 159 g/mol. The van der Waals surface area contributed by atoms with Crippen molar-refractivity contribution in [2.45, 2.75) is 44.7 Å². The Morgan fingerprint density at radius 3 is 2.45 bits per heavy atom. The van der Waals surface area contributed by atoms with E-state index < -0.39 is 5.67 Å². The van der Waals surface area contributed by atoms with Crippen molar-refractivity contribution in [1.82, 2.24) is 5.32 Å². The van der Waals surface area contributed by atoms with Gasteiger partial charge in [0.05, 0.1) is 0 Å². The van der Waals surface area contributed by atoms with Gasteiger partial charge in [0.2, 0.25) is 0 Å². The normalized spacial score (nSPS) is 21.3. The smallest absolute Gasteiger partial charge is 0.135 e. The Balaban J connectivity index is 1.94. The summed E-state index contributed by atoms with van der Waals surface area (Å²) in [5.41, 5.74) is -0.840. The number of alkyl halides is 1. The van der Waals surface area contributed by atoms with E-state index in [0.717, 1.165) is 12.8 Å². The molecule has 0 amide bonds. The fourth-order valence-corrected chi connectivity index (χ4v) is 1.44. The van der Waals surface area contributed by atoms with Gasteiger partial charge in [-0.2, -0.15) is 0 Å². The minimum Gasteiger partial charge on any atom is -0.310 e. The SMILES string of the molecule is CCCCCCC1(F)CNC1. The molecule has 1 N–H and O–H groups in total. The first-order valence-corrected chi connectivity index (χ1v) is 4.66. The molecule has 2 heteroatoms. The van der Waals surface area contributed by atoms with Gasteiger partial charge in [-0.1, -0.05) is 32.6 Å². The van der Waals surface area contributed by atoms with Crippen molar-refractivity contribution in [3.05, 3.63) is 0 Å². The highest BCUT2D eigenvalue weighted by Gasteiger charge is 2.35. The maximum atomic E-state index is 13.3. The molecule has 1 nitrogen and oxygen atoms in total. The standard InChI is InChI=1S/C9H18FN/c1-2-3-4-5-6-9(10)7-11-8-9/h11H,2-8H2,1H3. The lowest BCUT2D eigenvalue weighted by atomic mass is 9.92. The minimum absolute atomic E-state index is 0.582. The van der Waals surface area contributed by atoms with Gasteiger partial charge >= 0.3 is 0 Å². The summed E-state index contributed by atoms with van der Waals surface area (Å²) in [5, 5.41) is 2.97. The lowest BCUT2D eigenvalue weighted by Gasteiger charge is -2.34. The quantitative estimate of drug-likeness (QED) is 0.607. The van der Waals surface area contributed by atoms with Crippen LogP contribution in [0.2, 0.25) is 0 Å². The van der Waals surface area contributed by atoms with Crippen LogP contribution < -0.4 is 5.32 Å². The van der Waals surface area contributed by atoms with Gasteiger partial charge in [-0.3, -0.25) is 0 Å². The molecule has 0 spiro atoms. The molecule has 0 aromatic carbocycles. The van der Waals surface area contributed by atoms with Crippen LogP contribution in [-0.4, -0.2) is 18.8 Å². The van der Waals surface area contributed by atoms with Crippen LogP contribution in [0.3, 0.4) is 0 Å². The summed E-state index contributed by atoms with van der Waals surface area (Å²) >= 11 is 0. The van der Waals surface area contributed by atoms with E-state index in [1.807, 2.05) is 0 Å². The summed E-state index contributed by atoms with van der Waals surface area (Å²) in [5.74, 6) is 0. The predicted octanol–water partition coefficient (Wildman–Crippen LogP) is 2.27. The molecule has 0 aliphatic carbocycles. The van der Waals surface area contributed by atoms with Crippen LogP contribution in [0.1, 0.15) is 39.0 Å². The van der Waals surface area contributed by atoms with Gasteiger partial charge in [0.1, 0.15) is 5.67 Å². The maximum absolute atomic E-state index is 13.3. The molecular weight excluding hydrogens is 141 g/mol. The van der Waals surface area contributed by atoms with E-state index in [1.54, 1.807) is 0 Å². The molecule has 0 saturated carbocycles. The molecule has 1 saturated heterocycles. The molecule has 1 heterocycles. The van der Waals surface area contributed by atoms with Crippen molar-refractivity contribution in [2.75, 3.05) is 13.1 Å². The number of halogens is 1. The van der Waals surface area contributed by atoms with Crippen LogP contribution in [-0.2, 0) is 0 Å². The first kappa shape index (κ1) is 8.98. The fourth-order valence-electron chi connectivity index (χ4n) is 1.44. The first-order chi connectivity index (χ1) is 5.27. The average molecular weight is 159 g/mol. The van der Waals surface area contributed by atoms with E-state index in [0.29, 0.717) is 13.1 Å². The Labute approximate surface area is 68.4 Å². The summed E-state index contributed by atoms with van der Waals surface area (Å²) in [6.45, 7) is 3.34. The highest BCUT2D eigenvalue weighted by atomic mass is 19.1. The third-order valence-corrected chi connectivity index (χ3v) is 2.36. The number of nitrogens with one attached hydrogen (secondary N) is 1. The summed E-state index contributed by atoms with van der Waals surface area (Å²) in [6.07, 6.45) is 5.51. The molecule has 0 atom stereocenters. The van der Waals surface area contributed by atoms with E-state index in [2.05, 4.69) is 12.2 Å². The van der Waals surface area contributed by atoms with E-state index in [-0.39, 0.29) is 0 Å². The fraction of sp³-hybridized carbons (Fsp3) is 1.00. The molecule has 0 radical (unpaired) electrons. The zero-order chi connectivity index (χ0) is 8.16. The zero-order valence-corrected chi connectivity index (χ0v) is 7.33. The van der Waals surface area contributed by atoms with Crippen LogP contribution in [0.15, 0.2) is 0 Å². The average Bonchev–Trinajstić information content (AvgIpc) is 1.95. The van der Waals surface area contributed by atoms with Gasteiger partial charge < -0.3 is 5.32 Å². The number of hydrogen-bond donors (Lipinski definition) is 1. The molecule has 1 rings (SSSR count). The molecule has 0 unspecified atom stereocenters. The van der Waals surface area contributed by atoms with Crippen molar-refractivity contribution < 1.29 is 4.39 Å². The molecule has 66 valence electrons. The Hall–Kier alpha value is -0.110. The molecular formula is C9H18FN. The second kappa shape index (κ2) is 4.05. The van der Waals surface area contributed by atoms with Gasteiger partial charge in [0.15, 0.2) is 0 Å². The highest BCUT2D eigenvalue weighted by Crippen LogP contribution is 2.23. The van der Waals surface area contributed by atoms with Gasteiger partial charge in [0.25, 0.3) is 0 Å². The van der Waals surface area contributed by atoms with Crippen LogP contribution in [0, 0.1) is 0 Å². The second-order valence-electron chi connectivity index (χ2n) is 3.57. The first-order valence-electron chi connectivity index (χ1n) is 4.66. The molecule has 1 aliphatic rings. The van der Waals surface area contributed by atoms with E-state index in [4.69, 9.17) is 0 Å². The molecule has 0 aromatic rings. The van der Waals surface area contributed by atoms with Gasteiger partial charge in [-0.25, -0.2) is 4.39 Å². The third-order valence-electron chi connectivity index (χ3n) is 2.36. The molecule has 0 aromatic heterocycles. The van der Waals surface area contributed by atoms with Crippen molar-refractivity contribution in [3.8, 4) is 0 Å². The maximum Gasteiger partial charge on any atom is 0.135 e. The van der Waals surface area contributed by atoms with Gasteiger partial charge in [0, 0.05) is 13.1 Å². The van der Waals surface area contributed by atoms with Crippen LogP contribution in [0.5, 0.6) is 0 Å². The topological polar surface area (TPSA) is 12.0 Å². The Morgan fingerprint density at radius 1 is 1.27 bits per heavy atom. The van der Waals surface area contributed by atoms with Crippen molar-refractivity contribution in [2.24, 2.45) is 0 Å². The largest absolute Gasteiger partial charge is 0.310 e. The van der Waals surface area contributed by atoms with Crippen molar-refractivity contribution >= 4 is 0 Å². The van der Waals surface area contributed by atoms with Gasteiger partial charge in [-0.05, 0) is 6.42 Å². The van der Waals surface area contributed by atoms with Gasteiger partial charge in [-0.15, -0.1) is 0 Å². The predicted molar refractivity (Wildman–Crippen MR) is 45.5 cm³/mol. The Morgan fingerprint density at radius 2 is 2.00 bits per heavy atom. The highest BCUT2D eigenvalue weighted by molar-refractivity contribution is 4.92. The van der Waals surface area contributed by atoms with Crippen LogP contribution in [0.25, 0.3) is 0 Å². The summed E-state index contributed by atoms with van der Waals surface area (Å²) < 4.78 is 13.3. The lowest BCUT2D eigenvalue weighted by Crippen LogP contribution is -2.56. The number of rotatable bonds is 5. The Kier molecular flexibility index (Phi) is 3.31. The minimum atomic E-state index is -0.840. The Bertz CT molecular complexity index is 110. The zero-order valence-electron chi connectivity index (χ0n) is 7.33. The van der Waals surface area contributed by atoms with E-state index in [1.165, 1.54) is 19.3 Å². The van der Waals surface area contributed by atoms with Crippen LogP contribution >= 0.6 is 0 Å². The lowest BCUT2D eigenvalue weighted by molar-refractivity contribution is 0.0772. The third kappa shape index (κ3) is 2.78. The van der Waals surface area contributed by atoms with E-state index >= 15 is 0 Å². The van der Waals surface area contributed by atoms with Crippen molar-refractivity contribution in [1.29, 1.82) is 0 Å².